The molecule has 2 rings (SSSR count). The summed E-state index contributed by atoms with van der Waals surface area (Å²) in [6, 6.07) is 0.964. The Morgan fingerprint density at radius 1 is 0.944 bits per heavy atom. The van der Waals surface area contributed by atoms with E-state index in [2.05, 4.69) is 11.9 Å². The van der Waals surface area contributed by atoms with E-state index in [1.165, 1.54) is 44.9 Å². The van der Waals surface area contributed by atoms with Gasteiger partial charge in [-0.15, -0.1) is 0 Å². The number of aliphatic hydroxyl groups excluding tert-OH is 1. The lowest BCUT2D eigenvalue weighted by Gasteiger charge is -2.42. The molecule has 3 nitrogen and oxygen atoms in total. The smallest absolute Gasteiger partial charge is 0.0695 e. The van der Waals surface area contributed by atoms with E-state index >= 15 is 0 Å². The van der Waals surface area contributed by atoms with Gasteiger partial charge >= 0.3 is 0 Å². The van der Waals surface area contributed by atoms with Crippen molar-refractivity contribution >= 4 is 0 Å². The van der Waals surface area contributed by atoms with Crippen molar-refractivity contribution in [2.24, 2.45) is 11.7 Å². The van der Waals surface area contributed by atoms with Gasteiger partial charge in [0, 0.05) is 12.1 Å². The second-order valence-electron chi connectivity index (χ2n) is 6.29. The molecule has 106 valence electrons. The molecule has 0 aromatic carbocycles. The summed E-state index contributed by atoms with van der Waals surface area (Å²) in [4.78, 5) is 2.48. The third-order valence-corrected chi connectivity index (χ3v) is 5.16. The van der Waals surface area contributed by atoms with Crippen LogP contribution in [0, 0.1) is 5.92 Å². The molecule has 0 radical (unpaired) electrons. The maximum atomic E-state index is 10.2. The monoisotopic (exact) mass is 254 g/mol. The summed E-state index contributed by atoms with van der Waals surface area (Å²) in [7, 11) is 2.22. The van der Waals surface area contributed by atoms with Crippen LogP contribution in [0.3, 0.4) is 0 Å². The van der Waals surface area contributed by atoms with Gasteiger partial charge in [0.1, 0.15) is 0 Å². The number of rotatable bonds is 3. The molecule has 0 aliphatic heterocycles. The van der Waals surface area contributed by atoms with E-state index in [0.717, 1.165) is 19.4 Å². The van der Waals surface area contributed by atoms with E-state index in [1.807, 2.05) is 0 Å². The molecule has 2 fully saturated rings. The average molecular weight is 254 g/mol. The van der Waals surface area contributed by atoms with Crippen molar-refractivity contribution in [2.75, 3.05) is 13.6 Å². The van der Waals surface area contributed by atoms with E-state index in [9.17, 15) is 5.11 Å². The van der Waals surface area contributed by atoms with E-state index in [-0.39, 0.29) is 6.10 Å². The first-order valence-electron chi connectivity index (χ1n) is 7.84. The molecule has 18 heavy (non-hydrogen) atoms. The van der Waals surface area contributed by atoms with Crippen LogP contribution in [0.25, 0.3) is 0 Å². The molecule has 0 aromatic rings. The quantitative estimate of drug-likeness (QED) is 0.759. The second kappa shape index (κ2) is 6.88. The lowest BCUT2D eigenvalue weighted by atomic mass is 9.87. The summed E-state index contributed by atoms with van der Waals surface area (Å²) < 4.78 is 0. The van der Waals surface area contributed by atoms with Gasteiger partial charge in [-0.3, -0.25) is 4.90 Å². The Hall–Kier alpha value is -0.120. The average Bonchev–Trinajstić information content (AvgIpc) is 2.63. The molecule has 0 heterocycles. The fourth-order valence-corrected chi connectivity index (χ4v) is 3.99. The van der Waals surface area contributed by atoms with Crippen LogP contribution in [0.1, 0.15) is 57.8 Å². The Morgan fingerprint density at radius 2 is 1.56 bits per heavy atom. The summed E-state index contributed by atoms with van der Waals surface area (Å²) in [6.07, 6.45) is 11.0. The topological polar surface area (TPSA) is 49.5 Å². The molecule has 2 aliphatic rings. The highest BCUT2D eigenvalue weighted by Crippen LogP contribution is 2.31. The maximum Gasteiger partial charge on any atom is 0.0695 e. The second-order valence-corrected chi connectivity index (χ2v) is 6.29. The number of aliphatic hydroxyl groups is 1. The normalized spacial score (nSPS) is 38.7. The van der Waals surface area contributed by atoms with E-state index in [1.54, 1.807) is 0 Å². The summed E-state index contributed by atoms with van der Waals surface area (Å²) in [5.74, 6) is 0.631. The fourth-order valence-electron chi connectivity index (χ4n) is 3.99. The SMILES string of the molecule is CN(C1CCCCC1O)C1CCCCCC1CN. The molecule has 0 aromatic heterocycles. The van der Waals surface area contributed by atoms with Crippen molar-refractivity contribution in [3.8, 4) is 0 Å². The molecular weight excluding hydrogens is 224 g/mol. The van der Waals surface area contributed by atoms with E-state index in [4.69, 9.17) is 5.73 Å². The molecule has 0 bridgehead atoms. The number of likely N-dealkylation sites (N-methyl/N-ethyl adjacent to an activating group) is 1. The van der Waals surface area contributed by atoms with Gasteiger partial charge in [0.25, 0.3) is 0 Å². The number of hydrogen-bond donors (Lipinski definition) is 2. The Balaban J connectivity index is 2.01. The standard InChI is InChI=1S/C15H30N2O/c1-17(14-9-5-6-10-15(14)18)13-8-4-2-3-7-12(13)11-16/h12-15,18H,2-11,16H2,1H3. The van der Waals surface area contributed by atoms with Crippen LogP contribution in [0.15, 0.2) is 0 Å². The Bertz CT molecular complexity index is 247. The molecule has 0 spiro atoms. The lowest BCUT2D eigenvalue weighted by molar-refractivity contribution is -0.00138. The van der Waals surface area contributed by atoms with Crippen molar-refractivity contribution < 1.29 is 5.11 Å². The molecular formula is C15H30N2O. The van der Waals surface area contributed by atoms with Gasteiger partial charge in [-0.1, -0.05) is 32.1 Å². The molecule has 3 N–H and O–H groups in total. The van der Waals surface area contributed by atoms with Crippen molar-refractivity contribution in [2.45, 2.75) is 76.0 Å². The largest absolute Gasteiger partial charge is 0.391 e. The molecule has 0 saturated heterocycles. The van der Waals surface area contributed by atoms with Crippen LogP contribution < -0.4 is 5.73 Å². The molecule has 2 aliphatic carbocycles. The molecule has 4 atom stereocenters. The lowest BCUT2D eigenvalue weighted by Crippen LogP contribution is -2.51. The van der Waals surface area contributed by atoms with Gasteiger partial charge in [-0.25, -0.2) is 0 Å². The minimum Gasteiger partial charge on any atom is -0.391 e. The van der Waals surface area contributed by atoms with Crippen LogP contribution in [-0.2, 0) is 0 Å². The summed E-state index contributed by atoms with van der Waals surface area (Å²) >= 11 is 0. The van der Waals surface area contributed by atoms with Crippen LogP contribution in [0.4, 0.5) is 0 Å². The van der Waals surface area contributed by atoms with Gasteiger partial charge in [0.2, 0.25) is 0 Å². The zero-order chi connectivity index (χ0) is 13.0. The van der Waals surface area contributed by atoms with Crippen LogP contribution in [0.5, 0.6) is 0 Å². The molecule has 2 saturated carbocycles. The predicted octanol–water partition coefficient (Wildman–Crippen LogP) is 2.13. The predicted molar refractivity (Wildman–Crippen MR) is 75.4 cm³/mol. The zero-order valence-corrected chi connectivity index (χ0v) is 11.9. The van der Waals surface area contributed by atoms with Gasteiger partial charge in [0.05, 0.1) is 6.10 Å². The highest BCUT2D eigenvalue weighted by molar-refractivity contribution is 4.89. The van der Waals surface area contributed by atoms with Crippen molar-refractivity contribution in [1.29, 1.82) is 0 Å². The molecule has 3 heteroatoms. The minimum absolute atomic E-state index is 0.120. The van der Waals surface area contributed by atoms with E-state index in [0.29, 0.717) is 18.0 Å². The van der Waals surface area contributed by atoms with E-state index < -0.39 is 0 Å². The molecule has 4 unspecified atom stereocenters. The van der Waals surface area contributed by atoms with Gasteiger partial charge in [0.15, 0.2) is 0 Å². The highest BCUT2D eigenvalue weighted by Gasteiger charge is 2.34. The van der Waals surface area contributed by atoms with Crippen molar-refractivity contribution in [3.05, 3.63) is 0 Å². The van der Waals surface area contributed by atoms with Crippen LogP contribution >= 0.6 is 0 Å². The number of hydrogen-bond acceptors (Lipinski definition) is 3. The van der Waals surface area contributed by atoms with Gasteiger partial charge in [-0.05, 0) is 45.2 Å². The maximum absolute atomic E-state index is 10.2. The van der Waals surface area contributed by atoms with Crippen molar-refractivity contribution in [1.82, 2.24) is 4.90 Å². The summed E-state index contributed by atoms with van der Waals surface area (Å²) in [5, 5.41) is 10.2. The Kier molecular flexibility index (Phi) is 5.46. The Morgan fingerprint density at radius 3 is 2.28 bits per heavy atom. The van der Waals surface area contributed by atoms with Crippen LogP contribution in [-0.4, -0.2) is 41.8 Å². The first kappa shape index (κ1) is 14.3. The number of nitrogens with zero attached hydrogens (tertiary/aromatic N) is 1. The minimum atomic E-state index is -0.120. The summed E-state index contributed by atoms with van der Waals surface area (Å²) in [5.41, 5.74) is 5.98. The zero-order valence-electron chi connectivity index (χ0n) is 11.9. The fraction of sp³-hybridized carbons (Fsp3) is 1.00. The summed E-state index contributed by atoms with van der Waals surface area (Å²) in [6.45, 7) is 0.803. The van der Waals surface area contributed by atoms with Crippen molar-refractivity contribution in [3.63, 3.8) is 0 Å². The van der Waals surface area contributed by atoms with Crippen LogP contribution in [0.2, 0.25) is 0 Å². The Labute approximate surface area is 112 Å². The third-order valence-electron chi connectivity index (χ3n) is 5.16. The van der Waals surface area contributed by atoms with Gasteiger partial charge in [-0.2, -0.15) is 0 Å². The molecule has 0 amide bonds. The van der Waals surface area contributed by atoms with Gasteiger partial charge < -0.3 is 10.8 Å². The third kappa shape index (κ3) is 3.25. The first-order valence-corrected chi connectivity index (χ1v) is 7.84. The first-order chi connectivity index (χ1) is 8.74. The highest BCUT2D eigenvalue weighted by atomic mass is 16.3. The number of nitrogens with two attached hydrogens (primary N) is 1.